The van der Waals surface area contributed by atoms with Crippen molar-refractivity contribution in [2.75, 3.05) is 18.0 Å². The van der Waals surface area contributed by atoms with Crippen molar-refractivity contribution in [3.8, 4) is 0 Å². The lowest BCUT2D eigenvalue weighted by Gasteiger charge is -2.37. The summed E-state index contributed by atoms with van der Waals surface area (Å²) in [6.45, 7) is 12.3. The van der Waals surface area contributed by atoms with Crippen LogP contribution in [-0.2, 0) is 6.54 Å². The fourth-order valence-electron chi connectivity index (χ4n) is 2.62. The Bertz CT molecular complexity index is 403. The monoisotopic (exact) mass is 261 g/mol. The van der Waals surface area contributed by atoms with Crippen molar-refractivity contribution in [2.45, 2.75) is 46.7 Å². The topological polar surface area (TPSA) is 28.2 Å². The van der Waals surface area contributed by atoms with E-state index in [1.807, 2.05) is 12.3 Å². The summed E-state index contributed by atoms with van der Waals surface area (Å²) in [5.41, 5.74) is 1.32. The van der Waals surface area contributed by atoms with Gasteiger partial charge in [-0.2, -0.15) is 0 Å². The molecule has 1 aromatic rings. The molecule has 0 bridgehead atoms. The van der Waals surface area contributed by atoms with E-state index in [1.54, 1.807) is 0 Å². The first-order valence-electron chi connectivity index (χ1n) is 7.50. The zero-order valence-electron chi connectivity index (χ0n) is 12.7. The molecule has 1 saturated heterocycles. The van der Waals surface area contributed by atoms with Gasteiger partial charge in [-0.1, -0.05) is 33.8 Å². The highest BCUT2D eigenvalue weighted by atomic mass is 15.2. The van der Waals surface area contributed by atoms with Gasteiger partial charge >= 0.3 is 0 Å². The van der Waals surface area contributed by atoms with Crippen LogP contribution < -0.4 is 10.2 Å². The molecule has 0 radical (unpaired) electrons. The summed E-state index contributed by atoms with van der Waals surface area (Å²) >= 11 is 0. The number of pyridine rings is 1. The van der Waals surface area contributed by atoms with Gasteiger partial charge in [-0.3, -0.25) is 0 Å². The molecule has 0 amide bonds. The van der Waals surface area contributed by atoms with Crippen LogP contribution in [0.4, 0.5) is 5.82 Å². The van der Waals surface area contributed by atoms with Crippen molar-refractivity contribution < 1.29 is 0 Å². The molecule has 0 aromatic carbocycles. The predicted molar refractivity (Wildman–Crippen MR) is 81.4 cm³/mol. The maximum absolute atomic E-state index is 4.63. The molecule has 2 rings (SSSR count). The summed E-state index contributed by atoms with van der Waals surface area (Å²) in [6, 6.07) is 4.74. The van der Waals surface area contributed by atoms with Crippen LogP contribution in [0.25, 0.3) is 0 Å². The van der Waals surface area contributed by atoms with Crippen LogP contribution in [0.5, 0.6) is 0 Å². The van der Waals surface area contributed by atoms with E-state index in [1.165, 1.54) is 17.8 Å². The van der Waals surface area contributed by atoms with Gasteiger partial charge in [0.15, 0.2) is 0 Å². The van der Waals surface area contributed by atoms with E-state index in [0.29, 0.717) is 6.04 Å². The van der Waals surface area contributed by atoms with Gasteiger partial charge in [-0.25, -0.2) is 4.98 Å². The Hall–Kier alpha value is -1.09. The average Bonchev–Trinajstić information content (AvgIpc) is 2.40. The summed E-state index contributed by atoms with van der Waals surface area (Å²) < 4.78 is 0. The van der Waals surface area contributed by atoms with Gasteiger partial charge in [0.05, 0.1) is 0 Å². The summed E-state index contributed by atoms with van der Waals surface area (Å²) in [7, 11) is 0. The van der Waals surface area contributed by atoms with Gasteiger partial charge in [-0.05, 0) is 24.3 Å². The second-order valence-corrected chi connectivity index (χ2v) is 6.21. The second kappa shape index (κ2) is 6.38. The van der Waals surface area contributed by atoms with Gasteiger partial charge in [0.1, 0.15) is 5.82 Å². The maximum atomic E-state index is 4.63. The van der Waals surface area contributed by atoms with E-state index in [2.05, 4.69) is 49.0 Å². The molecule has 1 aliphatic rings. The smallest absolute Gasteiger partial charge is 0.133 e. The van der Waals surface area contributed by atoms with Crippen molar-refractivity contribution in [1.82, 2.24) is 10.3 Å². The SMILES string of the molecule is CC(C)NCc1cccnc1N1CCC(C)C(C)C1. The maximum Gasteiger partial charge on any atom is 0.133 e. The van der Waals surface area contributed by atoms with Crippen LogP contribution in [0, 0.1) is 11.8 Å². The van der Waals surface area contributed by atoms with Gasteiger partial charge in [0.2, 0.25) is 0 Å². The summed E-state index contributed by atoms with van der Waals surface area (Å²) in [4.78, 5) is 7.09. The van der Waals surface area contributed by atoms with E-state index in [-0.39, 0.29) is 0 Å². The number of nitrogens with zero attached hydrogens (tertiary/aromatic N) is 2. The first kappa shape index (κ1) is 14.3. The normalized spacial score (nSPS) is 23.9. The minimum atomic E-state index is 0.508. The van der Waals surface area contributed by atoms with Crippen LogP contribution in [0.1, 0.15) is 39.7 Å². The van der Waals surface area contributed by atoms with E-state index < -0.39 is 0 Å². The molecule has 3 heteroatoms. The molecule has 2 atom stereocenters. The van der Waals surface area contributed by atoms with Crippen molar-refractivity contribution in [1.29, 1.82) is 0 Å². The van der Waals surface area contributed by atoms with E-state index in [0.717, 1.165) is 31.5 Å². The molecular weight excluding hydrogens is 234 g/mol. The molecule has 1 N–H and O–H groups in total. The first-order chi connectivity index (χ1) is 9.08. The fraction of sp³-hybridized carbons (Fsp3) is 0.688. The van der Waals surface area contributed by atoms with Crippen LogP contribution in [0.15, 0.2) is 18.3 Å². The highest BCUT2D eigenvalue weighted by Crippen LogP contribution is 2.27. The lowest BCUT2D eigenvalue weighted by Crippen LogP contribution is -2.39. The van der Waals surface area contributed by atoms with Crippen LogP contribution in [0.2, 0.25) is 0 Å². The molecule has 1 aliphatic heterocycles. The van der Waals surface area contributed by atoms with E-state index >= 15 is 0 Å². The highest BCUT2D eigenvalue weighted by Gasteiger charge is 2.24. The first-order valence-corrected chi connectivity index (χ1v) is 7.50. The Morgan fingerprint density at radius 2 is 2.16 bits per heavy atom. The van der Waals surface area contributed by atoms with Crippen molar-refractivity contribution in [3.63, 3.8) is 0 Å². The quantitative estimate of drug-likeness (QED) is 0.903. The fourth-order valence-corrected chi connectivity index (χ4v) is 2.62. The minimum Gasteiger partial charge on any atom is -0.356 e. The van der Waals surface area contributed by atoms with Crippen LogP contribution in [0.3, 0.4) is 0 Å². The zero-order valence-corrected chi connectivity index (χ0v) is 12.7. The number of nitrogens with one attached hydrogen (secondary N) is 1. The molecule has 106 valence electrons. The number of aromatic nitrogens is 1. The number of piperidine rings is 1. The Balaban J connectivity index is 2.10. The number of hydrogen-bond acceptors (Lipinski definition) is 3. The van der Waals surface area contributed by atoms with E-state index in [4.69, 9.17) is 0 Å². The number of anilines is 1. The highest BCUT2D eigenvalue weighted by molar-refractivity contribution is 5.47. The largest absolute Gasteiger partial charge is 0.356 e. The molecule has 3 nitrogen and oxygen atoms in total. The van der Waals surface area contributed by atoms with Gasteiger partial charge in [-0.15, -0.1) is 0 Å². The molecule has 1 aromatic heterocycles. The molecule has 0 spiro atoms. The van der Waals surface area contributed by atoms with Crippen LogP contribution in [-0.4, -0.2) is 24.1 Å². The average molecular weight is 261 g/mol. The minimum absolute atomic E-state index is 0.508. The summed E-state index contributed by atoms with van der Waals surface area (Å²) in [5.74, 6) is 2.76. The third kappa shape index (κ3) is 3.69. The Kier molecular flexibility index (Phi) is 4.81. The summed E-state index contributed by atoms with van der Waals surface area (Å²) in [6.07, 6.45) is 3.19. The van der Waals surface area contributed by atoms with Gasteiger partial charge < -0.3 is 10.2 Å². The standard InChI is InChI=1S/C16H27N3/c1-12(2)18-10-15-6-5-8-17-16(15)19-9-7-13(3)14(4)11-19/h5-6,8,12-14,18H,7,9-11H2,1-4H3. The number of hydrogen-bond donors (Lipinski definition) is 1. The van der Waals surface area contributed by atoms with E-state index in [9.17, 15) is 0 Å². The van der Waals surface area contributed by atoms with Gasteiger partial charge in [0, 0.05) is 37.4 Å². The summed E-state index contributed by atoms with van der Waals surface area (Å²) in [5, 5.41) is 3.49. The third-order valence-corrected chi connectivity index (χ3v) is 4.20. The number of rotatable bonds is 4. The zero-order chi connectivity index (χ0) is 13.8. The van der Waals surface area contributed by atoms with Gasteiger partial charge in [0.25, 0.3) is 0 Å². The lowest BCUT2D eigenvalue weighted by atomic mass is 9.88. The molecule has 2 unspecified atom stereocenters. The third-order valence-electron chi connectivity index (χ3n) is 4.20. The van der Waals surface area contributed by atoms with Crippen molar-refractivity contribution in [2.24, 2.45) is 11.8 Å². The molecule has 19 heavy (non-hydrogen) atoms. The van der Waals surface area contributed by atoms with Crippen LogP contribution >= 0.6 is 0 Å². The predicted octanol–water partition coefficient (Wildman–Crippen LogP) is 3.06. The Morgan fingerprint density at radius 3 is 2.84 bits per heavy atom. The van der Waals surface area contributed by atoms with Crippen molar-refractivity contribution in [3.05, 3.63) is 23.9 Å². The molecule has 0 aliphatic carbocycles. The Labute approximate surface area is 117 Å². The van der Waals surface area contributed by atoms with Crippen molar-refractivity contribution >= 4 is 5.82 Å². The molecule has 0 saturated carbocycles. The lowest BCUT2D eigenvalue weighted by molar-refractivity contribution is 0.322. The molecule has 2 heterocycles. The molecular formula is C16H27N3. The Morgan fingerprint density at radius 1 is 1.37 bits per heavy atom. The molecule has 1 fully saturated rings. The second-order valence-electron chi connectivity index (χ2n) is 6.21.